The van der Waals surface area contributed by atoms with E-state index in [1.54, 1.807) is 0 Å². The average Bonchev–Trinajstić information content (AvgIpc) is 2.91. The number of hydrogen-bond acceptors (Lipinski definition) is 3. The van der Waals surface area contributed by atoms with Gasteiger partial charge in [-0.25, -0.2) is 0 Å². The summed E-state index contributed by atoms with van der Waals surface area (Å²) in [6.45, 7) is 9.12. The Morgan fingerprint density at radius 3 is 0.816 bits per heavy atom. The molecule has 0 fully saturated rings. The van der Waals surface area contributed by atoms with Crippen LogP contribution in [0.1, 0.15) is 182 Å². The minimum absolute atomic E-state index is 1.19. The van der Waals surface area contributed by atoms with Crippen molar-refractivity contribution in [3.8, 4) is 0 Å². The smallest absolute Gasteiger partial charge is 0.180 e. The normalized spacial score (nSPS) is 11.7. The van der Waals surface area contributed by atoms with Crippen molar-refractivity contribution in [3.63, 3.8) is 0 Å². The summed E-state index contributed by atoms with van der Waals surface area (Å²) < 4.78 is 25.8. The highest BCUT2D eigenvalue weighted by Crippen LogP contribution is 2.33. The highest BCUT2D eigenvalue weighted by molar-refractivity contribution is 7.37. The summed E-state index contributed by atoms with van der Waals surface area (Å²) in [7, 11) is -4.80. The molecule has 3 nitrogen and oxygen atoms in total. The van der Waals surface area contributed by atoms with Gasteiger partial charge in [-0.2, -0.15) is 8.43 Å². The molecule has 0 aromatic rings. The van der Waals surface area contributed by atoms with Crippen molar-refractivity contribution in [2.24, 2.45) is 0 Å². The van der Waals surface area contributed by atoms with Gasteiger partial charge >= 0.3 is 8.25 Å². The molecule has 0 atom stereocenters. The molecule has 0 unspecified atom stereocenters. The number of rotatable bonds is 32. The van der Waals surface area contributed by atoms with E-state index in [9.17, 15) is 4.57 Å². The van der Waals surface area contributed by atoms with Crippen LogP contribution in [0.15, 0.2) is 0 Å². The van der Waals surface area contributed by atoms with Crippen LogP contribution in [0.5, 0.6) is 0 Å². The Morgan fingerprint density at radius 2 is 0.579 bits per heavy atom. The SMILES string of the molecule is CCCCCCCC[SiH](CCCCCCCC)O[P+](=O)O[SiH](CCCCCCCC)CCCCCCCC. The van der Waals surface area contributed by atoms with Crippen LogP contribution in [-0.2, 0) is 13.0 Å². The van der Waals surface area contributed by atoms with Gasteiger partial charge in [-0.1, -0.05) is 182 Å². The van der Waals surface area contributed by atoms with Crippen LogP contribution in [0.3, 0.4) is 0 Å². The highest BCUT2D eigenvalue weighted by atomic mass is 31.1. The number of hydrogen-bond donors (Lipinski definition) is 0. The molecule has 0 aliphatic heterocycles. The maximum atomic E-state index is 13.1. The predicted octanol–water partition coefficient (Wildman–Crippen LogP) is 12.6. The molecule has 0 amide bonds. The second kappa shape index (κ2) is 32.0. The van der Waals surface area contributed by atoms with Gasteiger partial charge in [0.2, 0.25) is 0 Å². The third-order valence-corrected chi connectivity index (χ3v) is 16.0. The fourth-order valence-electron chi connectivity index (χ4n) is 5.38. The van der Waals surface area contributed by atoms with Gasteiger partial charge in [-0.3, -0.25) is 0 Å². The lowest BCUT2D eigenvalue weighted by molar-refractivity contribution is 0.413. The third-order valence-electron chi connectivity index (χ3n) is 7.99. The van der Waals surface area contributed by atoms with Crippen LogP contribution < -0.4 is 0 Å². The van der Waals surface area contributed by atoms with E-state index in [4.69, 9.17) is 8.43 Å². The van der Waals surface area contributed by atoms with Gasteiger partial charge in [0, 0.05) is 4.57 Å². The Hall–Kier alpha value is 0.454. The molecule has 0 aromatic carbocycles. The second-order valence-corrected chi connectivity index (χ2v) is 18.8. The zero-order valence-corrected chi connectivity index (χ0v) is 29.8. The van der Waals surface area contributed by atoms with Crippen LogP contribution in [0.25, 0.3) is 0 Å². The molecule has 0 saturated heterocycles. The molecule has 0 bridgehead atoms. The lowest BCUT2D eigenvalue weighted by Gasteiger charge is -2.12. The largest absolute Gasteiger partial charge is 0.672 e. The fourth-order valence-corrected chi connectivity index (χ4v) is 13.2. The summed E-state index contributed by atoms with van der Waals surface area (Å²) in [5, 5.41) is 0. The average molecular weight is 590 g/mol. The van der Waals surface area contributed by atoms with Gasteiger partial charge in [-0.15, -0.1) is 0 Å². The molecule has 0 rings (SSSR count). The van der Waals surface area contributed by atoms with Crippen molar-refractivity contribution >= 4 is 26.3 Å². The molecular formula is C32H70O3PSi2+. The van der Waals surface area contributed by atoms with Gasteiger partial charge in [0.05, 0.1) is 0 Å². The van der Waals surface area contributed by atoms with Crippen molar-refractivity contribution in [1.82, 2.24) is 0 Å². The quantitative estimate of drug-likeness (QED) is 0.0445. The molecule has 0 N–H and O–H groups in total. The Labute approximate surface area is 244 Å². The molecule has 0 spiro atoms. The summed E-state index contributed by atoms with van der Waals surface area (Å²) in [6.07, 6.45) is 31.8. The summed E-state index contributed by atoms with van der Waals surface area (Å²) in [5.74, 6) is 0. The first kappa shape index (κ1) is 38.5. The minimum Gasteiger partial charge on any atom is -0.180 e. The van der Waals surface area contributed by atoms with E-state index in [1.165, 1.54) is 178 Å². The van der Waals surface area contributed by atoms with Crippen molar-refractivity contribution in [1.29, 1.82) is 0 Å². The first-order valence-electron chi connectivity index (χ1n) is 17.5. The van der Waals surface area contributed by atoms with Crippen molar-refractivity contribution in [3.05, 3.63) is 0 Å². The van der Waals surface area contributed by atoms with Crippen molar-refractivity contribution in [2.45, 2.75) is 206 Å². The Kier molecular flexibility index (Phi) is 32.4. The van der Waals surface area contributed by atoms with E-state index in [-0.39, 0.29) is 0 Å². The standard InChI is InChI=1S/C32H70O3PSi2/c1-5-9-13-17-21-25-29-37(30-26-22-18-14-10-6-2)34-36(33)35-38(31-27-23-19-15-11-7-3)32-28-24-20-16-12-8-4/h37-38H,5-32H2,1-4H3/q+1. The monoisotopic (exact) mass is 589 g/mol. The number of unbranched alkanes of at least 4 members (excludes halogenated alkanes) is 20. The minimum atomic E-state index is -1.91. The van der Waals surface area contributed by atoms with Crippen LogP contribution in [0, 0.1) is 0 Å². The molecule has 0 heterocycles. The van der Waals surface area contributed by atoms with E-state index in [0.29, 0.717) is 0 Å². The van der Waals surface area contributed by atoms with Gasteiger partial charge in [0.1, 0.15) is 0 Å². The molecule has 0 saturated carbocycles. The molecule has 0 aliphatic carbocycles. The molecule has 6 heteroatoms. The van der Waals surface area contributed by atoms with E-state index >= 15 is 0 Å². The Morgan fingerprint density at radius 1 is 0.368 bits per heavy atom. The maximum Gasteiger partial charge on any atom is 0.672 e. The first-order valence-corrected chi connectivity index (χ1v) is 22.8. The fraction of sp³-hybridized carbons (Fsp3) is 1.00. The van der Waals surface area contributed by atoms with Crippen LogP contribution >= 0.6 is 8.25 Å². The highest BCUT2D eigenvalue weighted by Gasteiger charge is 2.32. The molecule has 0 radical (unpaired) electrons. The second-order valence-electron chi connectivity index (χ2n) is 11.9. The van der Waals surface area contributed by atoms with Crippen LogP contribution in [0.4, 0.5) is 0 Å². The Balaban J connectivity index is 4.64. The zero-order valence-electron chi connectivity index (χ0n) is 26.6. The van der Waals surface area contributed by atoms with Crippen molar-refractivity contribution < 1.29 is 13.0 Å². The Bertz CT molecular complexity index is 410. The molecule has 0 aromatic heterocycles. The third kappa shape index (κ3) is 28.0. The summed E-state index contributed by atoms with van der Waals surface area (Å²) in [5.41, 5.74) is 0. The van der Waals surface area contributed by atoms with Crippen LogP contribution in [-0.4, -0.2) is 18.1 Å². The van der Waals surface area contributed by atoms with Gasteiger partial charge < -0.3 is 0 Å². The van der Waals surface area contributed by atoms with Gasteiger partial charge in [0.25, 0.3) is 18.1 Å². The summed E-state index contributed by atoms with van der Waals surface area (Å²) in [4.78, 5) is 0. The zero-order chi connectivity index (χ0) is 27.9. The summed E-state index contributed by atoms with van der Waals surface area (Å²) in [6, 6.07) is 4.75. The molecule has 228 valence electrons. The van der Waals surface area contributed by atoms with E-state index in [0.717, 1.165) is 0 Å². The lowest BCUT2D eigenvalue weighted by atomic mass is 10.1. The molecular weight excluding hydrogens is 519 g/mol. The van der Waals surface area contributed by atoms with Crippen molar-refractivity contribution in [2.75, 3.05) is 0 Å². The van der Waals surface area contributed by atoms with E-state index < -0.39 is 26.3 Å². The predicted molar refractivity (Wildman–Crippen MR) is 177 cm³/mol. The van der Waals surface area contributed by atoms with Gasteiger partial charge in [-0.05, 0) is 24.2 Å². The van der Waals surface area contributed by atoms with Crippen LogP contribution in [0.2, 0.25) is 24.2 Å². The first-order chi connectivity index (χ1) is 18.7. The molecule has 0 aliphatic rings. The lowest BCUT2D eigenvalue weighted by Crippen LogP contribution is -2.18. The maximum absolute atomic E-state index is 13.1. The van der Waals surface area contributed by atoms with E-state index in [1.807, 2.05) is 0 Å². The van der Waals surface area contributed by atoms with Gasteiger partial charge in [0.15, 0.2) is 0 Å². The molecule has 38 heavy (non-hydrogen) atoms. The summed E-state index contributed by atoms with van der Waals surface area (Å²) >= 11 is 0. The topological polar surface area (TPSA) is 35.5 Å². The van der Waals surface area contributed by atoms with E-state index in [2.05, 4.69) is 27.7 Å².